The van der Waals surface area contributed by atoms with Crippen LogP contribution in [0.3, 0.4) is 0 Å². The molecule has 1 amide bonds. The number of halogens is 3. The van der Waals surface area contributed by atoms with E-state index in [1.807, 2.05) is 0 Å². The summed E-state index contributed by atoms with van der Waals surface area (Å²) < 4.78 is 66.5. The molecule has 0 saturated carbocycles. The average Bonchev–Trinajstić information content (AvgIpc) is 3.01. The molecule has 2 bridgehead atoms. The second-order valence-corrected chi connectivity index (χ2v) is 10.3. The van der Waals surface area contributed by atoms with E-state index in [1.54, 1.807) is 0 Å². The smallest absolute Gasteiger partial charge is 0.328 e. The highest BCUT2D eigenvalue weighted by atomic mass is 32.2. The van der Waals surface area contributed by atoms with E-state index in [2.05, 4.69) is 0 Å². The van der Waals surface area contributed by atoms with Crippen molar-refractivity contribution in [2.24, 2.45) is 17.4 Å². The Hall–Kier alpha value is -2.97. The number of fused-ring (bicyclic) bond motifs is 2. The van der Waals surface area contributed by atoms with Gasteiger partial charge in [0, 0.05) is 36.3 Å². The number of hydrogen-bond acceptors (Lipinski definition) is 6. The number of nitrogens with zero attached hydrogens (tertiary/aromatic N) is 1. The predicted octanol–water partition coefficient (Wildman–Crippen LogP) is 0.744. The molecule has 35 heavy (non-hydrogen) atoms. The molecule has 0 aromatic heterocycles. The minimum atomic E-state index is -3.78. The molecule has 194 valence electrons. The molecular weight excluding hydrogens is 495 g/mol. The van der Waals surface area contributed by atoms with Crippen LogP contribution in [-0.2, 0) is 30.8 Å². The van der Waals surface area contributed by atoms with Crippen LogP contribution in [-0.4, -0.2) is 64.7 Å². The molecule has 3 atom stereocenters. The van der Waals surface area contributed by atoms with E-state index in [0.29, 0.717) is 43.9 Å². The van der Waals surface area contributed by atoms with Gasteiger partial charge in [0.25, 0.3) is 0 Å². The first-order valence-electron chi connectivity index (χ1n) is 10.5. The van der Waals surface area contributed by atoms with Crippen LogP contribution < -0.4 is 11.5 Å². The van der Waals surface area contributed by atoms with E-state index in [4.69, 9.17) is 21.7 Å². The Bertz CT molecular complexity index is 1080. The van der Waals surface area contributed by atoms with Crippen LogP contribution in [0.4, 0.5) is 13.2 Å². The number of sulfonamides is 1. The molecule has 2 unspecified atom stereocenters. The summed E-state index contributed by atoms with van der Waals surface area (Å²) in [5.41, 5.74) is 11.2. The third-order valence-corrected chi connectivity index (χ3v) is 7.76. The molecule has 2 aliphatic rings. The van der Waals surface area contributed by atoms with Crippen molar-refractivity contribution in [3.05, 3.63) is 47.3 Å². The molecule has 10 nitrogen and oxygen atoms in total. The maximum atomic E-state index is 13.9. The number of carbonyl (C=O) groups excluding carboxylic acids is 1. The van der Waals surface area contributed by atoms with Gasteiger partial charge >= 0.3 is 11.9 Å². The largest absolute Gasteiger partial charge is 0.478 e. The van der Waals surface area contributed by atoms with Gasteiger partial charge in [-0.25, -0.2) is 31.2 Å². The van der Waals surface area contributed by atoms with Crippen molar-refractivity contribution in [2.75, 3.05) is 5.75 Å². The highest BCUT2D eigenvalue weighted by molar-refractivity contribution is 7.89. The molecule has 2 aliphatic heterocycles. The van der Waals surface area contributed by atoms with Crippen molar-refractivity contribution in [1.29, 1.82) is 0 Å². The molecular formula is C21H26F3N3O7S. The Morgan fingerprint density at radius 1 is 1.00 bits per heavy atom. The zero-order valence-corrected chi connectivity index (χ0v) is 19.3. The number of primary amides is 1. The third kappa shape index (κ3) is 7.77. The third-order valence-electron chi connectivity index (χ3n) is 5.87. The fourth-order valence-electron chi connectivity index (χ4n) is 4.52. The lowest BCUT2D eigenvalue weighted by Gasteiger charge is -2.39. The standard InChI is InChI=1S/C17H22F3N3O3S.C4H4O4/c18-13-7-15(20)14(19)5-9(13)6-16(21)10-3-11-1-2-12(4-10)23(11)27(25,26)8-17(22)24;5-3(6)1-2-4(7)8/h5,7,10-12,16H,1-4,6,8,21H2,(H2,22,24);1-2H,(H,5,6)(H,7,8)/b;2-1-/t10?,11?,12?,16-;/m1./s1. The first-order chi connectivity index (χ1) is 16.2. The molecule has 2 saturated heterocycles. The lowest BCUT2D eigenvalue weighted by atomic mass is 9.83. The summed E-state index contributed by atoms with van der Waals surface area (Å²) in [5, 5.41) is 15.6. The number of piperidine rings is 1. The van der Waals surface area contributed by atoms with Gasteiger partial charge in [-0.2, -0.15) is 4.31 Å². The predicted molar refractivity (Wildman–Crippen MR) is 117 cm³/mol. The summed E-state index contributed by atoms with van der Waals surface area (Å²) in [4.78, 5) is 30.2. The van der Waals surface area contributed by atoms with Crippen molar-refractivity contribution in [2.45, 2.75) is 50.2 Å². The van der Waals surface area contributed by atoms with Crippen molar-refractivity contribution in [1.82, 2.24) is 4.31 Å². The van der Waals surface area contributed by atoms with Crippen LogP contribution in [0.5, 0.6) is 0 Å². The van der Waals surface area contributed by atoms with E-state index in [0.717, 1.165) is 6.07 Å². The summed E-state index contributed by atoms with van der Waals surface area (Å²) in [6, 6.07) is 0.234. The highest BCUT2D eigenvalue weighted by Gasteiger charge is 2.47. The first kappa shape index (κ1) is 28.3. The Labute approximate surface area is 199 Å². The minimum absolute atomic E-state index is 0.00229. The van der Waals surface area contributed by atoms with E-state index in [9.17, 15) is 36.0 Å². The number of carbonyl (C=O) groups is 3. The fourth-order valence-corrected chi connectivity index (χ4v) is 6.32. The second kappa shape index (κ2) is 11.6. The van der Waals surface area contributed by atoms with Crippen LogP contribution in [0.2, 0.25) is 0 Å². The monoisotopic (exact) mass is 521 g/mol. The number of rotatable bonds is 8. The number of carboxylic acid groups (broad SMARTS) is 2. The quantitative estimate of drug-likeness (QED) is 0.285. The molecule has 1 aromatic rings. The molecule has 3 rings (SSSR count). The van der Waals surface area contributed by atoms with Crippen molar-refractivity contribution >= 4 is 27.9 Å². The van der Waals surface area contributed by atoms with E-state index in [-0.39, 0.29) is 30.0 Å². The summed E-state index contributed by atoms with van der Waals surface area (Å²) in [6.07, 6.45) is 3.41. The van der Waals surface area contributed by atoms with E-state index in [1.165, 1.54) is 4.31 Å². The summed E-state index contributed by atoms with van der Waals surface area (Å²) in [7, 11) is -3.78. The van der Waals surface area contributed by atoms with Gasteiger partial charge < -0.3 is 21.7 Å². The van der Waals surface area contributed by atoms with Crippen LogP contribution in [0, 0.1) is 23.4 Å². The maximum absolute atomic E-state index is 13.9. The van der Waals surface area contributed by atoms with Crippen LogP contribution >= 0.6 is 0 Å². The number of benzene rings is 1. The number of aliphatic carboxylic acids is 2. The Morgan fingerprint density at radius 2 is 1.49 bits per heavy atom. The van der Waals surface area contributed by atoms with Gasteiger partial charge in [-0.05, 0) is 49.7 Å². The molecule has 2 heterocycles. The molecule has 0 radical (unpaired) electrons. The molecule has 0 spiro atoms. The Kier molecular flexibility index (Phi) is 9.40. The lowest BCUT2D eigenvalue weighted by molar-refractivity contribution is -0.134. The van der Waals surface area contributed by atoms with Gasteiger partial charge in [0.05, 0.1) is 0 Å². The van der Waals surface area contributed by atoms with Gasteiger partial charge in [-0.3, -0.25) is 4.79 Å². The second-order valence-electron chi connectivity index (χ2n) is 8.40. The summed E-state index contributed by atoms with van der Waals surface area (Å²) in [5.74, 6) is -7.47. The van der Waals surface area contributed by atoms with Gasteiger partial charge in [0.1, 0.15) is 11.6 Å². The van der Waals surface area contributed by atoms with Gasteiger partial charge in [-0.15, -0.1) is 0 Å². The minimum Gasteiger partial charge on any atom is -0.478 e. The molecule has 6 N–H and O–H groups in total. The molecule has 0 aliphatic carbocycles. The van der Waals surface area contributed by atoms with E-state index < -0.39 is 57.1 Å². The van der Waals surface area contributed by atoms with Gasteiger partial charge in [0.2, 0.25) is 15.9 Å². The summed E-state index contributed by atoms with van der Waals surface area (Å²) in [6.45, 7) is 0. The van der Waals surface area contributed by atoms with Crippen molar-refractivity contribution in [3.63, 3.8) is 0 Å². The summed E-state index contributed by atoms with van der Waals surface area (Å²) >= 11 is 0. The van der Waals surface area contributed by atoms with Crippen LogP contribution in [0.25, 0.3) is 0 Å². The topological polar surface area (TPSA) is 181 Å². The zero-order valence-electron chi connectivity index (χ0n) is 18.4. The number of nitrogens with two attached hydrogens (primary N) is 2. The molecule has 1 aromatic carbocycles. The normalized spacial score (nSPS) is 22.9. The maximum Gasteiger partial charge on any atom is 0.328 e. The molecule has 2 fully saturated rings. The highest BCUT2D eigenvalue weighted by Crippen LogP contribution is 2.41. The number of hydrogen-bond donors (Lipinski definition) is 4. The fraction of sp³-hybridized carbons (Fsp3) is 0.476. The van der Waals surface area contributed by atoms with E-state index >= 15 is 0 Å². The SMILES string of the molecule is NC(=O)CS(=O)(=O)N1C2CCC1CC([C@H](N)Cc1cc(F)c(F)cc1F)C2.O=C(O)/C=C\C(=O)O. The van der Waals surface area contributed by atoms with Gasteiger partial charge in [-0.1, -0.05) is 0 Å². The van der Waals surface area contributed by atoms with Gasteiger partial charge in [0.15, 0.2) is 11.6 Å². The first-order valence-corrected chi connectivity index (χ1v) is 12.1. The lowest BCUT2D eigenvalue weighted by Crippen LogP contribution is -2.51. The Morgan fingerprint density at radius 3 is 1.94 bits per heavy atom. The zero-order chi connectivity index (χ0) is 26.5. The Balaban J connectivity index is 0.000000466. The molecule has 14 heteroatoms. The average molecular weight is 522 g/mol. The van der Waals surface area contributed by atoms with Crippen molar-refractivity contribution in [3.8, 4) is 0 Å². The van der Waals surface area contributed by atoms with Crippen LogP contribution in [0.1, 0.15) is 31.2 Å². The number of carboxylic acids is 2. The number of amides is 1. The van der Waals surface area contributed by atoms with Crippen molar-refractivity contribution < 1.29 is 46.2 Å². The van der Waals surface area contributed by atoms with Crippen LogP contribution in [0.15, 0.2) is 24.3 Å².